The maximum atomic E-state index is 10.5. The van der Waals surface area contributed by atoms with Crippen molar-refractivity contribution in [2.75, 3.05) is 0 Å². The van der Waals surface area contributed by atoms with Gasteiger partial charge in [0.2, 0.25) is 0 Å². The summed E-state index contributed by atoms with van der Waals surface area (Å²) in [7, 11) is 0. The summed E-state index contributed by atoms with van der Waals surface area (Å²) in [5.74, 6) is -0.146. The van der Waals surface area contributed by atoms with Crippen molar-refractivity contribution in [3.05, 3.63) is 70.4 Å². The van der Waals surface area contributed by atoms with Gasteiger partial charge in [0.1, 0.15) is 5.75 Å². The molecule has 1 heterocycles. The monoisotopic (exact) mass is 358 g/mol. The van der Waals surface area contributed by atoms with Crippen LogP contribution in [0.2, 0.25) is 0 Å². The zero-order valence-electron chi connectivity index (χ0n) is 14.5. The molecular weight excluding hydrogens is 332 g/mol. The van der Waals surface area contributed by atoms with E-state index < -0.39 is 18.1 Å². The van der Waals surface area contributed by atoms with Crippen LogP contribution in [0.5, 0.6) is 5.75 Å². The molecular formula is C21H26O3S. The third kappa shape index (κ3) is 5.56. The van der Waals surface area contributed by atoms with Crippen LogP contribution in [0.4, 0.5) is 0 Å². The van der Waals surface area contributed by atoms with Gasteiger partial charge in [0.15, 0.2) is 0 Å². The number of hydrogen-bond donors (Lipinski definition) is 3. The molecule has 0 saturated carbocycles. The molecule has 0 saturated heterocycles. The number of phenols is 1. The third-order valence-corrected chi connectivity index (χ3v) is 5.32. The van der Waals surface area contributed by atoms with E-state index in [2.05, 4.69) is 13.5 Å². The first-order valence-corrected chi connectivity index (χ1v) is 9.43. The highest BCUT2D eigenvalue weighted by molar-refractivity contribution is 7.10. The van der Waals surface area contributed by atoms with Crippen molar-refractivity contribution in [3.63, 3.8) is 0 Å². The first-order valence-electron chi connectivity index (χ1n) is 8.55. The van der Waals surface area contributed by atoms with Gasteiger partial charge in [-0.15, -0.1) is 17.9 Å². The Hall–Kier alpha value is -1.88. The van der Waals surface area contributed by atoms with E-state index in [1.54, 1.807) is 18.2 Å². The van der Waals surface area contributed by atoms with Crippen LogP contribution in [0.25, 0.3) is 6.08 Å². The number of benzene rings is 1. The molecule has 1 aromatic carbocycles. The number of aliphatic hydroxyl groups is 2. The Morgan fingerprint density at radius 2 is 2.04 bits per heavy atom. The van der Waals surface area contributed by atoms with E-state index >= 15 is 0 Å². The Bertz CT molecular complexity index is 691. The van der Waals surface area contributed by atoms with E-state index in [9.17, 15) is 15.3 Å². The molecule has 0 bridgehead atoms. The molecule has 3 N–H and O–H groups in total. The second-order valence-corrected chi connectivity index (χ2v) is 7.11. The van der Waals surface area contributed by atoms with E-state index in [0.29, 0.717) is 6.42 Å². The summed E-state index contributed by atoms with van der Waals surface area (Å²) in [6.45, 7) is 5.86. The predicted octanol–water partition coefficient (Wildman–Crippen LogP) is 4.92. The maximum Gasteiger partial charge on any atom is 0.116 e. The molecule has 0 fully saturated rings. The lowest BCUT2D eigenvalue weighted by Crippen LogP contribution is -2.24. The SMILES string of the molecule is C=C[C@H]([C@H](O)CC/C(=C/c1cccc(O)c1)CC)[C@H](O)c1cccs1. The lowest BCUT2D eigenvalue weighted by molar-refractivity contribution is 0.0336. The minimum Gasteiger partial charge on any atom is -0.508 e. The summed E-state index contributed by atoms with van der Waals surface area (Å²) in [4.78, 5) is 0.843. The van der Waals surface area contributed by atoms with E-state index in [1.807, 2.05) is 35.7 Å². The molecule has 4 heteroatoms. The molecule has 0 amide bonds. The Balaban J connectivity index is 2.00. The van der Waals surface area contributed by atoms with Gasteiger partial charge in [-0.2, -0.15) is 0 Å². The molecule has 0 spiro atoms. The summed E-state index contributed by atoms with van der Waals surface area (Å²) in [6.07, 6.45) is 4.45. The minimum atomic E-state index is -0.729. The van der Waals surface area contributed by atoms with Crippen molar-refractivity contribution >= 4 is 17.4 Å². The molecule has 0 aliphatic carbocycles. The van der Waals surface area contributed by atoms with Gasteiger partial charge < -0.3 is 15.3 Å². The Labute approximate surface area is 153 Å². The van der Waals surface area contributed by atoms with Crippen molar-refractivity contribution in [3.8, 4) is 5.75 Å². The van der Waals surface area contributed by atoms with E-state index in [4.69, 9.17) is 0 Å². The zero-order chi connectivity index (χ0) is 18.2. The maximum absolute atomic E-state index is 10.5. The van der Waals surface area contributed by atoms with E-state index in [0.717, 1.165) is 23.3 Å². The molecule has 25 heavy (non-hydrogen) atoms. The van der Waals surface area contributed by atoms with Gasteiger partial charge in [-0.25, -0.2) is 0 Å². The van der Waals surface area contributed by atoms with Gasteiger partial charge in [-0.05, 0) is 48.4 Å². The predicted molar refractivity (Wildman–Crippen MR) is 105 cm³/mol. The van der Waals surface area contributed by atoms with E-state index in [1.165, 1.54) is 16.9 Å². The smallest absolute Gasteiger partial charge is 0.116 e. The Morgan fingerprint density at radius 3 is 2.64 bits per heavy atom. The quantitative estimate of drug-likeness (QED) is 0.557. The second kappa shape index (κ2) is 9.56. The van der Waals surface area contributed by atoms with Crippen LogP contribution in [0.1, 0.15) is 42.7 Å². The third-order valence-electron chi connectivity index (χ3n) is 4.37. The Kier molecular flexibility index (Phi) is 7.44. The van der Waals surface area contributed by atoms with Crippen molar-refractivity contribution in [1.82, 2.24) is 0 Å². The van der Waals surface area contributed by atoms with Crippen LogP contribution in [0, 0.1) is 5.92 Å². The van der Waals surface area contributed by atoms with Crippen molar-refractivity contribution in [1.29, 1.82) is 0 Å². The molecule has 0 aliphatic heterocycles. The van der Waals surface area contributed by atoms with Gasteiger partial charge in [0.05, 0.1) is 12.2 Å². The largest absolute Gasteiger partial charge is 0.508 e. The van der Waals surface area contributed by atoms with Gasteiger partial charge in [-0.1, -0.05) is 42.8 Å². The number of phenolic OH excluding ortho intramolecular Hbond substituents is 1. The van der Waals surface area contributed by atoms with Gasteiger partial charge >= 0.3 is 0 Å². The van der Waals surface area contributed by atoms with Crippen molar-refractivity contribution in [2.45, 2.75) is 38.4 Å². The fourth-order valence-corrected chi connectivity index (χ4v) is 3.64. The molecule has 3 atom stereocenters. The molecule has 1 aromatic heterocycles. The van der Waals surface area contributed by atoms with Crippen LogP contribution in [0.15, 0.2) is 60.0 Å². The average Bonchev–Trinajstić information content (AvgIpc) is 3.13. The average molecular weight is 359 g/mol. The highest BCUT2D eigenvalue weighted by atomic mass is 32.1. The number of thiophene rings is 1. The van der Waals surface area contributed by atoms with Gasteiger partial charge in [-0.3, -0.25) is 0 Å². The molecule has 2 rings (SSSR count). The number of aromatic hydroxyl groups is 1. The number of rotatable bonds is 9. The number of allylic oxidation sites excluding steroid dienone is 1. The van der Waals surface area contributed by atoms with Gasteiger partial charge in [0, 0.05) is 10.8 Å². The topological polar surface area (TPSA) is 60.7 Å². The van der Waals surface area contributed by atoms with Crippen molar-refractivity contribution < 1.29 is 15.3 Å². The summed E-state index contributed by atoms with van der Waals surface area (Å²) < 4.78 is 0. The minimum absolute atomic E-state index is 0.245. The van der Waals surface area contributed by atoms with E-state index in [-0.39, 0.29) is 5.75 Å². The zero-order valence-corrected chi connectivity index (χ0v) is 15.3. The number of hydrogen-bond acceptors (Lipinski definition) is 4. The highest BCUT2D eigenvalue weighted by Crippen LogP contribution is 2.31. The van der Waals surface area contributed by atoms with Crippen molar-refractivity contribution in [2.24, 2.45) is 5.92 Å². The second-order valence-electron chi connectivity index (χ2n) is 6.13. The fraction of sp³-hybridized carbons (Fsp3) is 0.333. The molecule has 0 aliphatic rings. The van der Waals surface area contributed by atoms with Crippen LogP contribution in [-0.2, 0) is 0 Å². The summed E-state index contributed by atoms with van der Waals surface area (Å²) in [5, 5.41) is 32.5. The van der Waals surface area contributed by atoms with Crippen LogP contribution in [-0.4, -0.2) is 21.4 Å². The first kappa shape index (κ1) is 19.4. The van der Waals surface area contributed by atoms with Crippen LogP contribution >= 0.6 is 11.3 Å². The lowest BCUT2D eigenvalue weighted by Gasteiger charge is -2.24. The summed E-state index contributed by atoms with van der Waals surface area (Å²) in [6, 6.07) is 10.9. The molecule has 3 nitrogen and oxygen atoms in total. The summed E-state index contributed by atoms with van der Waals surface area (Å²) >= 11 is 1.48. The normalized spacial score (nSPS) is 15.6. The first-order chi connectivity index (χ1) is 12.0. The highest BCUT2D eigenvalue weighted by Gasteiger charge is 2.26. The standard InChI is InChI=1S/C21H26O3S/c1-3-15(13-16-7-5-8-17(22)14-16)10-11-19(23)18(4-2)21(24)20-9-6-12-25-20/h4-9,12-14,18-19,21-24H,2-3,10-11H2,1H3/b15-13+/t18-,19-,21+/m1/s1. The fourth-order valence-electron chi connectivity index (χ4n) is 2.87. The summed E-state index contributed by atoms with van der Waals surface area (Å²) in [5.41, 5.74) is 2.14. The molecule has 0 unspecified atom stereocenters. The molecule has 0 radical (unpaired) electrons. The lowest BCUT2D eigenvalue weighted by atomic mass is 9.90. The Morgan fingerprint density at radius 1 is 1.24 bits per heavy atom. The van der Waals surface area contributed by atoms with Crippen LogP contribution < -0.4 is 0 Å². The van der Waals surface area contributed by atoms with Gasteiger partial charge in [0.25, 0.3) is 0 Å². The van der Waals surface area contributed by atoms with Crippen LogP contribution in [0.3, 0.4) is 0 Å². The number of aliphatic hydroxyl groups excluding tert-OH is 2. The molecule has 2 aromatic rings. The molecule has 134 valence electrons.